The maximum absolute atomic E-state index is 12.7. The number of rotatable bonds is 5. The van der Waals surface area contributed by atoms with E-state index in [0.717, 1.165) is 10.5 Å². The van der Waals surface area contributed by atoms with Crippen LogP contribution < -0.4 is 10.9 Å². The molecule has 1 aliphatic rings. The molecule has 0 saturated heterocycles. The molecule has 0 bridgehead atoms. The first-order chi connectivity index (χ1) is 17.4. The fourth-order valence-electron chi connectivity index (χ4n) is 3.93. The molecular weight excluding hydrogens is 476 g/mol. The maximum Gasteiger partial charge on any atom is 0.281 e. The SMILES string of the molecule is Cc1nc(-c2ccccc2)sc1C(=O)NNC(=O)c1cccc(CN2C(=O)c3ccccc3C2=O)c1. The Balaban J connectivity index is 1.24. The number of hydrazine groups is 1. The summed E-state index contributed by atoms with van der Waals surface area (Å²) in [7, 11) is 0. The van der Waals surface area contributed by atoms with Crippen molar-refractivity contribution in [3.63, 3.8) is 0 Å². The first-order valence-corrected chi connectivity index (χ1v) is 11.9. The zero-order chi connectivity index (χ0) is 25.2. The molecule has 0 aliphatic carbocycles. The minimum Gasteiger partial charge on any atom is -0.270 e. The summed E-state index contributed by atoms with van der Waals surface area (Å²) in [6.45, 7) is 1.77. The van der Waals surface area contributed by atoms with Crippen LogP contribution in [0.25, 0.3) is 10.6 Å². The third kappa shape index (κ3) is 4.39. The van der Waals surface area contributed by atoms with Gasteiger partial charge < -0.3 is 0 Å². The standard InChI is InChI=1S/C27H20N4O4S/c1-16-22(36-25(28-16)18-9-3-2-4-10-18)24(33)30-29-23(32)19-11-7-8-17(14-19)15-31-26(34)20-12-5-6-13-21(20)27(31)35/h2-14H,15H2,1H3,(H,29,32)(H,30,33). The average molecular weight is 497 g/mol. The van der Waals surface area contributed by atoms with E-state index in [1.54, 1.807) is 55.5 Å². The molecular formula is C27H20N4O4S. The number of amides is 4. The number of aromatic nitrogens is 1. The van der Waals surface area contributed by atoms with Gasteiger partial charge in [0.15, 0.2) is 0 Å². The average Bonchev–Trinajstić information content (AvgIpc) is 3.41. The van der Waals surface area contributed by atoms with Crippen molar-refractivity contribution >= 4 is 35.0 Å². The predicted molar refractivity (Wildman–Crippen MR) is 134 cm³/mol. The van der Waals surface area contributed by atoms with E-state index in [1.165, 1.54) is 11.3 Å². The number of fused-ring (bicyclic) bond motifs is 1. The Bertz CT molecular complexity index is 1480. The summed E-state index contributed by atoms with van der Waals surface area (Å²) in [4.78, 5) is 56.7. The molecule has 36 heavy (non-hydrogen) atoms. The molecule has 0 unspecified atom stereocenters. The Morgan fingerprint density at radius 3 is 2.17 bits per heavy atom. The summed E-state index contributed by atoms with van der Waals surface area (Å²) in [6.07, 6.45) is 0. The number of nitrogens with one attached hydrogen (secondary N) is 2. The summed E-state index contributed by atoms with van der Waals surface area (Å²) >= 11 is 1.24. The second-order valence-corrected chi connectivity index (χ2v) is 9.15. The number of benzene rings is 3. The molecule has 178 valence electrons. The molecule has 4 amide bonds. The van der Waals surface area contributed by atoms with Crippen LogP contribution in [-0.4, -0.2) is 33.5 Å². The third-order valence-corrected chi connectivity index (χ3v) is 6.93. The van der Waals surface area contributed by atoms with Gasteiger partial charge in [0.1, 0.15) is 9.88 Å². The van der Waals surface area contributed by atoms with Crippen LogP contribution in [0.1, 0.15) is 52.0 Å². The van der Waals surface area contributed by atoms with Crippen LogP contribution in [0.2, 0.25) is 0 Å². The van der Waals surface area contributed by atoms with Gasteiger partial charge in [0.05, 0.1) is 23.4 Å². The fourth-order valence-corrected chi connectivity index (χ4v) is 4.90. The molecule has 3 aromatic carbocycles. The van der Waals surface area contributed by atoms with E-state index in [2.05, 4.69) is 15.8 Å². The summed E-state index contributed by atoms with van der Waals surface area (Å²) in [6, 6.07) is 22.7. The Kier molecular flexibility index (Phi) is 6.14. The van der Waals surface area contributed by atoms with E-state index in [9.17, 15) is 19.2 Å². The predicted octanol–water partition coefficient (Wildman–Crippen LogP) is 3.99. The Morgan fingerprint density at radius 1 is 0.833 bits per heavy atom. The molecule has 0 atom stereocenters. The van der Waals surface area contributed by atoms with E-state index in [-0.39, 0.29) is 23.9 Å². The van der Waals surface area contributed by atoms with Crippen molar-refractivity contribution in [2.45, 2.75) is 13.5 Å². The molecule has 2 N–H and O–H groups in total. The molecule has 2 heterocycles. The molecule has 5 rings (SSSR count). The van der Waals surface area contributed by atoms with Gasteiger partial charge >= 0.3 is 0 Å². The van der Waals surface area contributed by atoms with Gasteiger partial charge in [0, 0.05) is 11.1 Å². The Hall–Kier alpha value is -4.63. The van der Waals surface area contributed by atoms with Crippen LogP contribution in [0.15, 0.2) is 78.9 Å². The van der Waals surface area contributed by atoms with E-state index >= 15 is 0 Å². The quantitative estimate of drug-likeness (QED) is 0.321. The van der Waals surface area contributed by atoms with Gasteiger partial charge in [-0.1, -0.05) is 54.6 Å². The number of thiazole rings is 1. The molecule has 0 radical (unpaired) electrons. The number of carbonyl (C=O) groups excluding carboxylic acids is 4. The highest BCUT2D eigenvalue weighted by molar-refractivity contribution is 7.17. The van der Waals surface area contributed by atoms with Crippen LogP contribution >= 0.6 is 11.3 Å². The van der Waals surface area contributed by atoms with Crippen molar-refractivity contribution in [2.75, 3.05) is 0 Å². The highest BCUT2D eigenvalue weighted by atomic mass is 32.1. The lowest BCUT2D eigenvalue weighted by atomic mass is 10.1. The van der Waals surface area contributed by atoms with Gasteiger partial charge in [-0.05, 0) is 36.8 Å². The first kappa shape index (κ1) is 23.1. The zero-order valence-electron chi connectivity index (χ0n) is 19.1. The maximum atomic E-state index is 12.7. The largest absolute Gasteiger partial charge is 0.281 e. The van der Waals surface area contributed by atoms with E-state index in [4.69, 9.17) is 0 Å². The van der Waals surface area contributed by atoms with Crippen LogP contribution in [-0.2, 0) is 6.54 Å². The van der Waals surface area contributed by atoms with Crippen molar-refractivity contribution in [3.8, 4) is 10.6 Å². The number of hydrogen-bond donors (Lipinski definition) is 2. The number of carbonyl (C=O) groups is 4. The number of hydrogen-bond acceptors (Lipinski definition) is 6. The lowest BCUT2D eigenvalue weighted by Gasteiger charge is -2.14. The van der Waals surface area contributed by atoms with Crippen molar-refractivity contribution in [2.24, 2.45) is 0 Å². The second kappa shape index (κ2) is 9.55. The molecule has 0 saturated carbocycles. The van der Waals surface area contributed by atoms with E-state index in [0.29, 0.717) is 32.3 Å². The van der Waals surface area contributed by atoms with Crippen LogP contribution in [0.3, 0.4) is 0 Å². The summed E-state index contributed by atoms with van der Waals surface area (Å²) < 4.78 is 0. The molecule has 4 aromatic rings. The van der Waals surface area contributed by atoms with E-state index < -0.39 is 11.8 Å². The van der Waals surface area contributed by atoms with Crippen molar-refractivity contribution in [1.82, 2.24) is 20.7 Å². The highest BCUT2D eigenvalue weighted by Crippen LogP contribution is 2.28. The monoisotopic (exact) mass is 496 g/mol. The second-order valence-electron chi connectivity index (χ2n) is 8.15. The van der Waals surface area contributed by atoms with E-state index in [1.807, 2.05) is 30.3 Å². The first-order valence-electron chi connectivity index (χ1n) is 11.1. The minimum atomic E-state index is -0.530. The summed E-state index contributed by atoms with van der Waals surface area (Å²) in [5.41, 5.74) is 7.94. The Morgan fingerprint density at radius 2 is 1.47 bits per heavy atom. The minimum absolute atomic E-state index is 0.0299. The van der Waals surface area contributed by atoms with Gasteiger partial charge in [-0.3, -0.25) is 34.9 Å². The van der Waals surface area contributed by atoms with Crippen molar-refractivity contribution in [1.29, 1.82) is 0 Å². The van der Waals surface area contributed by atoms with Gasteiger partial charge in [-0.2, -0.15) is 0 Å². The lowest BCUT2D eigenvalue weighted by molar-refractivity contribution is 0.0642. The van der Waals surface area contributed by atoms with Gasteiger partial charge in [0.2, 0.25) is 0 Å². The molecule has 0 spiro atoms. The molecule has 1 aliphatic heterocycles. The molecule has 0 fully saturated rings. The summed E-state index contributed by atoms with van der Waals surface area (Å²) in [5.74, 6) is -1.74. The fraction of sp³-hybridized carbons (Fsp3) is 0.0741. The van der Waals surface area contributed by atoms with Crippen molar-refractivity contribution in [3.05, 3.63) is 112 Å². The normalized spacial score (nSPS) is 12.4. The summed E-state index contributed by atoms with van der Waals surface area (Å²) in [5, 5.41) is 0.713. The molecule has 9 heteroatoms. The van der Waals surface area contributed by atoms with Gasteiger partial charge in [-0.15, -0.1) is 11.3 Å². The highest BCUT2D eigenvalue weighted by Gasteiger charge is 2.35. The van der Waals surface area contributed by atoms with Gasteiger partial charge in [-0.25, -0.2) is 4.98 Å². The van der Waals surface area contributed by atoms with Gasteiger partial charge in [0.25, 0.3) is 23.6 Å². The van der Waals surface area contributed by atoms with Crippen molar-refractivity contribution < 1.29 is 19.2 Å². The topological polar surface area (TPSA) is 108 Å². The molecule has 8 nitrogen and oxygen atoms in total. The number of aryl methyl sites for hydroxylation is 1. The Labute approximate surface area is 210 Å². The molecule has 1 aromatic heterocycles. The number of imide groups is 1. The number of nitrogens with zero attached hydrogens (tertiary/aromatic N) is 2. The lowest BCUT2D eigenvalue weighted by Crippen LogP contribution is -2.41. The van der Waals surface area contributed by atoms with Crippen LogP contribution in [0, 0.1) is 6.92 Å². The van der Waals surface area contributed by atoms with Crippen LogP contribution in [0.5, 0.6) is 0 Å². The zero-order valence-corrected chi connectivity index (χ0v) is 20.0. The van der Waals surface area contributed by atoms with Crippen LogP contribution in [0.4, 0.5) is 0 Å². The third-order valence-electron chi connectivity index (χ3n) is 5.72. The smallest absolute Gasteiger partial charge is 0.270 e.